The Morgan fingerprint density at radius 3 is 2.53 bits per heavy atom. The fourth-order valence-electron chi connectivity index (χ4n) is 2.67. The molecule has 1 aromatic rings. The van der Waals surface area contributed by atoms with Gasteiger partial charge in [0.05, 0.1) is 0 Å². The molecular formula is C13H19N3O3. The molecule has 1 aliphatic rings. The molecular weight excluding hydrogens is 246 g/mol. The minimum Gasteiger partial charge on any atom is -0.476 e. The SMILES string of the molecule is CC1CC(C)CN(C(=O)Cn2ccc(C(=O)O)n2)C1. The molecule has 1 saturated heterocycles. The number of amides is 1. The van der Waals surface area contributed by atoms with Gasteiger partial charge in [0.25, 0.3) is 0 Å². The maximum Gasteiger partial charge on any atom is 0.356 e. The number of nitrogens with zero attached hydrogens (tertiary/aromatic N) is 3. The minimum absolute atomic E-state index is 0.00145. The van der Waals surface area contributed by atoms with Gasteiger partial charge in [-0.2, -0.15) is 5.10 Å². The summed E-state index contributed by atoms with van der Waals surface area (Å²) in [7, 11) is 0. The van der Waals surface area contributed by atoms with Crippen LogP contribution in [0.25, 0.3) is 0 Å². The number of carboxylic acid groups (broad SMARTS) is 1. The van der Waals surface area contributed by atoms with Crippen molar-refractivity contribution in [3.8, 4) is 0 Å². The van der Waals surface area contributed by atoms with Gasteiger partial charge in [-0.3, -0.25) is 9.48 Å². The summed E-state index contributed by atoms with van der Waals surface area (Å²) in [6, 6.07) is 1.40. The average Bonchev–Trinajstić information content (AvgIpc) is 2.76. The molecule has 0 saturated carbocycles. The van der Waals surface area contributed by atoms with Crippen LogP contribution < -0.4 is 0 Å². The van der Waals surface area contributed by atoms with Crippen molar-refractivity contribution in [2.75, 3.05) is 13.1 Å². The third kappa shape index (κ3) is 3.33. The van der Waals surface area contributed by atoms with E-state index in [1.807, 2.05) is 4.90 Å². The number of piperidine rings is 1. The number of rotatable bonds is 3. The number of carboxylic acids is 1. The van der Waals surface area contributed by atoms with Crippen LogP contribution in [0.3, 0.4) is 0 Å². The second-order valence-electron chi connectivity index (χ2n) is 5.45. The minimum atomic E-state index is -1.08. The summed E-state index contributed by atoms with van der Waals surface area (Å²) in [6.07, 6.45) is 2.67. The van der Waals surface area contributed by atoms with Crippen molar-refractivity contribution in [1.29, 1.82) is 0 Å². The van der Waals surface area contributed by atoms with E-state index in [1.165, 1.54) is 16.9 Å². The third-order valence-electron chi connectivity index (χ3n) is 3.38. The van der Waals surface area contributed by atoms with Crippen molar-refractivity contribution in [1.82, 2.24) is 14.7 Å². The largest absolute Gasteiger partial charge is 0.476 e. The summed E-state index contributed by atoms with van der Waals surface area (Å²) in [5.74, 6) is -0.0512. The van der Waals surface area contributed by atoms with E-state index in [0.717, 1.165) is 19.5 Å². The normalized spacial score (nSPS) is 23.4. The average molecular weight is 265 g/mol. The number of aromatic carboxylic acids is 1. The molecule has 2 rings (SSSR count). The van der Waals surface area contributed by atoms with Crippen LogP contribution in [0.5, 0.6) is 0 Å². The van der Waals surface area contributed by atoms with Crippen molar-refractivity contribution in [2.45, 2.75) is 26.8 Å². The predicted molar refractivity (Wildman–Crippen MR) is 68.7 cm³/mol. The maximum atomic E-state index is 12.2. The van der Waals surface area contributed by atoms with Gasteiger partial charge in [0.2, 0.25) is 5.91 Å². The number of likely N-dealkylation sites (tertiary alicyclic amines) is 1. The summed E-state index contributed by atoms with van der Waals surface area (Å²) in [5, 5.41) is 12.6. The van der Waals surface area contributed by atoms with Crippen molar-refractivity contribution in [3.05, 3.63) is 18.0 Å². The molecule has 0 aromatic carbocycles. The molecule has 2 heterocycles. The zero-order valence-corrected chi connectivity index (χ0v) is 11.2. The van der Waals surface area contributed by atoms with Crippen LogP contribution >= 0.6 is 0 Å². The molecule has 0 bridgehead atoms. The van der Waals surface area contributed by atoms with Gasteiger partial charge >= 0.3 is 5.97 Å². The second kappa shape index (κ2) is 5.42. The first-order valence-electron chi connectivity index (χ1n) is 6.50. The summed E-state index contributed by atoms with van der Waals surface area (Å²) in [4.78, 5) is 24.7. The van der Waals surface area contributed by atoms with Crippen LogP contribution in [0.1, 0.15) is 30.8 Å². The van der Waals surface area contributed by atoms with Crippen molar-refractivity contribution >= 4 is 11.9 Å². The van der Waals surface area contributed by atoms with Gasteiger partial charge in [0.1, 0.15) is 6.54 Å². The Bertz CT molecular complexity index is 473. The number of aromatic nitrogens is 2. The lowest BCUT2D eigenvalue weighted by Gasteiger charge is -2.35. The Kier molecular flexibility index (Phi) is 3.87. The Morgan fingerprint density at radius 1 is 1.37 bits per heavy atom. The van der Waals surface area contributed by atoms with Crippen LogP contribution in [0.2, 0.25) is 0 Å². The Labute approximate surface area is 112 Å². The number of carbonyl (C=O) groups is 2. The lowest BCUT2D eigenvalue weighted by Crippen LogP contribution is -2.44. The monoisotopic (exact) mass is 265 g/mol. The molecule has 0 spiro atoms. The van der Waals surface area contributed by atoms with E-state index >= 15 is 0 Å². The summed E-state index contributed by atoms with van der Waals surface area (Å²) in [5.41, 5.74) is -0.0341. The van der Waals surface area contributed by atoms with Gasteiger partial charge in [-0.1, -0.05) is 13.8 Å². The highest BCUT2D eigenvalue weighted by atomic mass is 16.4. The van der Waals surface area contributed by atoms with Gasteiger partial charge in [0, 0.05) is 19.3 Å². The molecule has 1 amide bonds. The van der Waals surface area contributed by atoms with E-state index in [4.69, 9.17) is 5.11 Å². The molecule has 1 N–H and O–H groups in total. The smallest absolute Gasteiger partial charge is 0.356 e. The zero-order valence-electron chi connectivity index (χ0n) is 11.2. The van der Waals surface area contributed by atoms with Gasteiger partial charge in [0.15, 0.2) is 5.69 Å². The standard InChI is InChI=1S/C13H19N3O3/c1-9-5-10(2)7-15(6-9)12(17)8-16-4-3-11(14-16)13(18)19/h3-4,9-10H,5-8H2,1-2H3,(H,18,19). The van der Waals surface area contributed by atoms with Crippen molar-refractivity contribution in [3.63, 3.8) is 0 Å². The van der Waals surface area contributed by atoms with E-state index in [-0.39, 0.29) is 18.1 Å². The van der Waals surface area contributed by atoms with Gasteiger partial charge in [-0.15, -0.1) is 0 Å². The fraction of sp³-hybridized carbons (Fsp3) is 0.615. The number of hydrogen-bond donors (Lipinski definition) is 1. The fourth-order valence-corrected chi connectivity index (χ4v) is 2.67. The van der Waals surface area contributed by atoms with Crippen molar-refractivity contribution in [2.24, 2.45) is 11.8 Å². The molecule has 6 heteroatoms. The van der Waals surface area contributed by atoms with Crippen LogP contribution in [-0.4, -0.2) is 44.8 Å². The summed E-state index contributed by atoms with van der Waals surface area (Å²) in [6.45, 7) is 5.94. The molecule has 0 aliphatic carbocycles. The molecule has 2 unspecified atom stereocenters. The Balaban J connectivity index is 1.98. The second-order valence-corrected chi connectivity index (χ2v) is 5.45. The molecule has 104 valence electrons. The highest BCUT2D eigenvalue weighted by Crippen LogP contribution is 2.21. The molecule has 1 aromatic heterocycles. The van der Waals surface area contributed by atoms with Crippen LogP contribution in [0, 0.1) is 11.8 Å². The molecule has 2 atom stereocenters. The van der Waals surface area contributed by atoms with E-state index < -0.39 is 5.97 Å². The first kappa shape index (κ1) is 13.6. The van der Waals surface area contributed by atoms with Crippen LogP contribution in [0.15, 0.2) is 12.3 Å². The van der Waals surface area contributed by atoms with E-state index in [1.54, 1.807) is 0 Å². The molecule has 1 fully saturated rings. The van der Waals surface area contributed by atoms with Gasteiger partial charge < -0.3 is 10.0 Å². The quantitative estimate of drug-likeness (QED) is 0.887. The predicted octanol–water partition coefficient (Wildman–Crippen LogP) is 1.09. The molecule has 6 nitrogen and oxygen atoms in total. The zero-order chi connectivity index (χ0) is 14.0. The summed E-state index contributed by atoms with van der Waals surface area (Å²) < 4.78 is 1.38. The summed E-state index contributed by atoms with van der Waals surface area (Å²) >= 11 is 0. The van der Waals surface area contributed by atoms with E-state index in [9.17, 15) is 9.59 Å². The van der Waals surface area contributed by atoms with E-state index in [0.29, 0.717) is 11.8 Å². The van der Waals surface area contributed by atoms with Crippen LogP contribution in [-0.2, 0) is 11.3 Å². The highest BCUT2D eigenvalue weighted by molar-refractivity contribution is 5.85. The molecule has 1 aliphatic heterocycles. The lowest BCUT2D eigenvalue weighted by atomic mass is 9.92. The maximum absolute atomic E-state index is 12.2. The van der Waals surface area contributed by atoms with Crippen LogP contribution in [0.4, 0.5) is 0 Å². The Hall–Kier alpha value is -1.85. The first-order chi connectivity index (χ1) is 8.95. The van der Waals surface area contributed by atoms with Gasteiger partial charge in [-0.05, 0) is 24.3 Å². The Morgan fingerprint density at radius 2 is 2.00 bits per heavy atom. The third-order valence-corrected chi connectivity index (χ3v) is 3.38. The highest BCUT2D eigenvalue weighted by Gasteiger charge is 2.25. The lowest BCUT2D eigenvalue weighted by molar-refractivity contribution is -0.134. The molecule has 0 radical (unpaired) electrons. The number of carbonyl (C=O) groups excluding carboxylic acids is 1. The van der Waals surface area contributed by atoms with Gasteiger partial charge in [-0.25, -0.2) is 4.79 Å². The first-order valence-corrected chi connectivity index (χ1v) is 6.50. The topological polar surface area (TPSA) is 75.4 Å². The number of hydrogen-bond acceptors (Lipinski definition) is 3. The van der Waals surface area contributed by atoms with Crippen molar-refractivity contribution < 1.29 is 14.7 Å². The van der Waals surface area contributed by atoms with E-state index in [2.05, 4.69) is 18.9 Å². The molecule has 19 heavy (non-hydrogen) atoms.